The van der Waals surface area contributed by atoms with Crippen LogP contribution < -0.4 is 16.0 Å². The summed E-state index contributed by atoms with van der Waals surface area (Å²) in [4.78, 5) is 1.19. The van der Waals surface area contributed by atoms with Crippen LogP contribution >= 0.6 is 22.9 Å². The van der Waals surface area contributed by atoms with Crippen molar-refractivity contribution in [1.29, 1.82) is 0 Å². The van der Waals surface area contributed by atoms with E-state index in [9.17, 15) is 0 Å². The Hall–Kier alpha value is -1.07. The lowest BCUT2D eigenvalue weighted by atomic mass is 10.0. The first-order valence-electron chi connectivity index (χ1n) is 6.16. The van der Waals surface area contributed by atoms with E-state index in [4.69, 9.17) is 22.2 Å². The van der Waals surface area contributed by atoms with Gasteiger partial charge in [-0.3, -0.25) is 11.3 Å². The van der Waals surface area contributed by atoms with Gasteiger partial charge in [-0.05, 0) is 25.1 Å². The van der Waals surface area contributed by atoms with Crippen LogP contribution in [0.3, 0.4) is 0 Å². The van der Waals surface area contributed by atoms with Crippen LogP contribution in [0.25, 0.3) is 0 Å². The highest BCUT2D eigenvalue weighted by atomic mass is 35.5. The van der Waals surface area contributed by atoms with Gasteiger partial charge in [0.25, 0.3) is 0 Å². The number of nitrogens with two attached hydrogens (primary N) is 1. The highest BCUT2D eigenvalue weighted by Gasteiger charge is 2.16. The topological polar surface area (TPSA) is 47.3 Å². The second-order valence-electron chi connectivity index (χ2n) is 4.10. The third-order valence-corrected chi connectivity index (χ3v) is 4.08. The smallest absolute Gasteiger partial charge is 0.124 e. The van der Waals surface area contributed by atoms with Gasteiger partial charge < -0.3 is 4.74 Å². The van der Waals surface area contributed by atoms with Crippen LogP contribution in [0.5, 0.6) is 5.75 Å². The Morgan fingerprint density at radius 1 is 1.32 bits per heavy atom. The minimum Gasteiger partial charge on any atom is -0.494 e. The minimum atomic E-state index is 0.0115. The fraction of sp³-hybridized carbons (Fsp3) is 0.286. The van der Waals surface area contributed by atoms with Gasteiger partial charge >= 0.3 is 0 Å². The molecule has 1 aromatic heterocycles. The predicted molar refractivity (Wildman–Crippen MR) is 80.7 cm³/mol. The molecule has 2 rings (SSSR count). The van der Waals surface area contributed by atoms with Crippen LogP contribution in [0.4, 0.5) is 0 Å². The molecular weight excluding hydrogens is 280 g/mol. The average Bonchev–Trinajstić information content (AvgIpc) is 2.83. The van der Waals surface area contributed by atoms with Crippen molar-refractivity contribution in [3.63, 3.8) is 0 Å². The second-order valence-corrected chi connectivity index (χ2v) is 5.90. The molecule has 0 radical (unpaired) electrons. The van der Waals surface area contributed by atoms with E-state index in [1.807, 2.05) is 43.3 Å². The first-order chi connectivity index (χ1) is 9.24. The van der Waals surface area contributed by atoms with Crippen molar-refractivity contribution in [2.45, 2.75) is 19.4 Å². The largest absolute Gasteiger partial charge is 0.494 e. The first kappa shape index (κ1) is 14.3. The Morgan fingerprint density at radius 3 is 2.74 bits per heavy atom. The Morgan fingerprint density at radius 2 is 2.11 bits per heavy atom. The molecule has 102 valence electrons. The van der Waals surface area contributed by atoms with Crippen molar-refractivity contribution in [3.8, 4) is 5.75 Å². The Labute approximate surface area is 122 Å². The van der Waals surface area contributed by atoms with Crippen LogP contribution in [-0.2, 0) is 6.42 Å². The number of hydrazine groups is 1. The van der Waals surface area contributed by atoms with Crippen molar-refractivity contribution in [1.82, 2.24) is 5.43 Å². The van der Waals surface area contributed by atoms with E-state index in [-0.39, 0.29) is 6.04 Å². The molecule has 1 aromatic carbocycles. The van der Waals surface area contributed by atoms with Gasteiger partial charge in [0.15, 0.2) is 0 Å². The predicted octanol–water partition coefficient (Wildman–Crippen LogP) is 3.55. The van der Waals surface area contributed by atoms with Crippen LogP contribution in [0.15, 0.2) is 36.4 Å². The summed E-state index contributed by atoms with van der Waals surface area (Å²) in [6.07, 6.45) is 0.790. The normalized spacial score (nSPS) is 12.4. The summed E-state index contributed by atoms with van der Waals surface area (Å²) in [5.74, 6) is 6.56. The summed E-state index contributed by atoms with van der Waals surface area (Å²) in [6.45, 7) is 2.61. The van der Waals surface area contributed by atoms with Gasteiger partial charge in [0.05, 0.1) is 17.0 Å². The summed E-state index contributed by atoms with van der Waals surface area (Å²) in [6, 6.07) is 11.9. The van der Waals surface area contributed by atoms with Gasteiger partial charge in [-0.1, -0.05) is 29.8 Å². The fourth-order valence-corrected chi connectivity index (χ4v) is 3.11. The molecule has 3 nitrogen and oxygen atoms in total. The van der Waals surface area contributed by atoms with Crippen molar-refractivity contribution >= 4 is 22.9 Å². The van der Waals surface area contributed by atoms with Crippen LogP contribution in [0, 0.1) is 0 Å². The van der Waals surface area contributed by atoms with Gasteiger partial charge in [-0.25, -0.2) is 0 Å². The summed E-state index contributed by atoms with van der Waals surface area (Å²) < 4.78 is 6.44. The number of halogens is 1. The number of rotatable bonds is 6. The van der Waals surface area contributed by atoms with E-state index >= 15 is 0 Å². The van der Waals surface area contributed by atoms with Gasteiger partial charge in [0.1, 0.15) is 5.75 Å². The zero-order valence-corrected chi connectivity index (χ0v) is 12.3. The molecule has 3 N–H and O–H groups in total. The molecule has 19 heavy (non-hydrogen) atoms. The number of para-hydroxylation sites is 1. The quantitative estimate of drug-likeness (QED) is 0.633. The third kappa shape index (κ3) is 3.70. The van der Waals surface area contributed by atoms with Crippen molar-refractivity contribution < 1.29 is 4.74 Å². The molecule has 1 unspecified atom stereocenters. The number of benzene rings is 1. The van der Waals surface area contributed by atoms with E-state index in [1.54, 1.807) is 11.3 Å². The van der Waals surface area contributed by atoms with E-state index < -0.39 is 0 Å². The zero-order chi connectivity index (χ0) is 13.7. The molecule has 2 aromatic rings. The summed E-state index contributed by atoms with van der Waals surface area (Å²) in [5.41, 5.74) is 3.92. The SMILES string of the molecule is CCOc1ccccc1C(Cc1ccc(Cl)s1)NN. The molecule has 0 spiro atoms. The highest BCUT2D eigenvalue weighted by Crippen LogP contribution is 2.30. The van der Waals surface area contributed by atoms with E-state index in [1.165, 1.54) is 4.88 Å². The monoisotopic (exact) mass is 296 g/mol. The lowest BCUT2D eigenvalue weighted by Crippen LogP contribution is -2.29. The van der Waals surface area contributed by atoms with E-state index in [2.05, 4.69) is 5.43 Å². The maximum absolute atomic E-state index is 5.96. The summed E-state index contributed by atoms with van der Waals surface area (Å²) in [7, 11) is 0. The molecule has 0 bridgehead atoms. The Kier molecular flexibility index (Phi) is 5.22. The van der Waals surface area contributed by atoms with Gasteiger partial charge in [-0.15, -0.1) is 11.3 Å². The number of nitrogens with one attached hydrogen (secondary N) is 1. The van der Waals surface area contributed by atoms with E-state index in [0.29, 0.717) is 6.61 Å². The molecule has 0 aliphatic carbocycles. The number of thiophene rings is 1. The van der Waals surface area contributed by atoms with Gasteiger partial charge in [0, 0.05) is 16.9 Å². The number of ether oxygens (including phenoxy) is 1. The fourth-order valence-electron chi connectivity index (χ4n) is 1.98. The van der Waals surface area contributed by atoms with E-state index in [0.717, 1.165) is 22.1 Å². The molecule has 5 heteroatoms. The van der Waals surface area contributed by atoms with Crippen molar-refractivity contribution in [2.24, 2.45) is 5.84 Å². The molecule has 0 saturated carbocycles. The number of hydrogen-bond donors (Lipinski definition) is 2. The molecule has 1 atom stereocenters. The molecule has 0 saturated heterocycles. The third-order valence-electron chi connectivity index (χ3n) is 2.83. The molecule has 0 fully saturated rings. The Balaban J connectivity index is 2.21. The molecule has 1 heterocycles. The van der Waals surface area contributed by atoms with Crippen LogP contribution in [-0.4, -0.2) is 6.61 Å². The standard InChI is InChI=1S/C14H17ClN2OS/c1-2-18-13-6-4-3-5-11(13)12(17-16)9-10-7-8-14(15)19-10/h3-8,12,17H,2,9,16H2,1H3. The van der Waals surface area contributed by atoms with Crippen LogP contribution in [0.1, 0.15) is 23.4 Å². The Bertz CT molecular complexity index is 530. The molecule has 0 amide bonds. The lowest BCUT2D eigenvalue weighted by molar-refractivity contribution is 0.331. The maximum Gasteiger partial charge on any atom is 0.124 e. The van der Waals surface area contributed by atoms with Crippen LogP contribution in [0.2, 0.25) is 4.34 Å². The average molecular weight is 297 g/mol. The first-order valence-corrected chi connectivity index (χ1v) is 7.36. The van der Waals surface area contributed by atoms with Crippen molar-refractivity contribution in [3.05, 3.63) is 51.2 Å². The van der Waals surface area contributed by atoms with Gasteiger partial charge in [-0.2, -0.15) is 0 Å². The van der Waals surface area contributed by atoms with Gasteiger partial charge in [0.2, 0.25) is 0 Å². The zero-order valence-electron chi connectivity index (χ0n) is 10.7. The maximum atomic E-state index is 5.96. The minimum absolute atomic E-state index is 0.0115. The van der Waals surface area contributed by atoms with Crippen molar-refractivity contribution in [2.75, 3.05) is 6.61 Å². The lowest BCUT2D eigenvalue weighted by Gasteiger charge is -2.19. The molecular formula is C14H17ClN2OS. The number of hydrogen-bond acceptors (Lipinski definition) is 4. The summed E-state index contributed by atoms with van der Waals surface area (Å²) >= 11 is 7.53. The summed E-state index contributed by atoms with van der Waals surface area (Å²) in [5, 5.41) is 0. The molecule has 0 aliphatic rings. The highest BCUT2D eigenvalue weighted by molar-refractivity contribution is 7.16. The molecule has 0 aliphatic heterocycles. The second kappa shape index (κ2) is 6.91.